The fourth-order valence-electron chi connectivity index (χ4n) is 3.20. The largest absolute Gasteiger partial charge is 0.453 e. The number of rotatable bonds is 6. The van der Waals surface area contributed by atoms with Crippen LogP contribution in [0.15, 0.2) is 42.6 Å². The molecule has 1 aliphatic rings. The van der Waals surface area contributed by atoms with E-state index in [9.17, 15) is 4.79 Å². The molecule has 4 heterocycles. The highest BCUT2D eigenvalue weighted by molar-refractivity contribution is 5.78. The molecule has 1 fully saturated rings. The zero-order valence-electron chi connectivity index (χ0n) is 17.5. The Labute approximate surface area is 180 Å². The van der Waals surface area contributed by atoms with Crippen LogP contribution in [0, 0.1) is 13.8 Å². The molecule has 10 nitrogen and oxygen atoms in total. The van der Waals surface area contributed by atoms with Crippen molar-refractivity contribution < 1.29 is 9.53 Å². The van der Waals surface area contributed by atoms with Crippen LogP contribution in [0.1, 0.15) is 11.4 Å². The molecule has 10 heteroatoms. The summed E-state index contributed by atoms with van der Waals surface area (Å²) in [6, 6.07) is 11.5. The van der Waals surface area contributed by atoms with Gasteiger partial charge in [0.1, 0.15) is 5.82 Å². The highest BCUT2D eigenvalue weighted by atomic mass is 16.5. The number of anilines is 3. The van der Waals surface area contributed by atoms with E-state index in [4.69, 9.17) is 4.74 Å². The van der Waals surface area contributed by atoms with Gasteiger partial charge in [0.15, 0.2) is 18.2 Å². The zero-order chi connectivity index (χ0) is 21.6. The Bertz CT molecular complexity index is 1040. The number of nitrogens with zero attached hydrogens (tertiary/aromatic N) is 7. The lowest BCUT2D eigenvalue weighted by Crippen LogP contribution is -2.50. The minimum atomic E-state index is -0.0824. The molecule has 3 aromatic rings. The first-order valence-corrected chi connectivity index (χ1v) is 10.1. The quantitative estimate of drug-likeness (QED) is 0.638. The third-order valence-corrected chi connectivity index (χ3v) is 4.85. The number of amides is 1. The third-order valence-electron chi connectivity index (χ3n) is 4.85. The van der Waals surface area contributed by atoms with Crippen LogP contribution in [0.5, 0.6) is 6.01 Å². The van der Waals surface area contributed by atoms with Crippen LogP contribution in [0.3, 0.4) is 0 Å². The standard InChI is InChI=1S/C21H24N8O2/c1-15-4-3-5-17(23-15)25-18-6-7-19(27-26-18)28-10-12-29(13-11-28)20(30)14-31-21-22-9-8-16(2)24-21/h3-9H,10-14H2,1-2H3,(H,23,25,26). The van der Waals surface area contributed by atoms with Gasteiger partial charge in [-0.05, 0) is 44.2 Å². The summed E-state index contributed by atoms with van der Waals surface area (Å²) in [5, 5.41) is 11.7. The molecule has 0 saturated carbocycles. The lowest BCUT2D eigenvalue weighted by molar-refractivity contribution is -0.133. The Hall–Kier alpha value is -3.82. The monoisotopic (exact) mass is 420 g/mol. The average Bonchev–Trinajstić information content (AvgIpc) is 2.78. The number of hydrogen-bond acceptors (Lipinski definition) is 9. The van der Waals surface area contributed by atoms with Crippen molar-refractivity contribution in [2.24, 2.45) is 0 Å². The molecule has 1 saturated heterocycles. The topological polar surface area (TPSA) is 109 Å². The van der Waals surface area contributed by atoms with Crippen molar-refractivity contribution in [2.75, 3.05) is 43.0 Å². The van der Waals surface area contributed by atoms with Gasteiger partial charge in [0.05, 0.1) is 0 Å². The summed E-state index contributed by atoms with van der Waals surface area (Å²) in [5.74, 6) is 2.05. The Kier molecular flexibility index (Phi) is 6.16. The predicted octanol–water partition coefficient (Wildman–Crippen LogP) is 1.75. The van der Waals surface area contributed by atoms with E-state index in [1.165, 1.54) is 0 Å². The number of aromatic nitrogens is 5. The van der Waals surface area contributed by atoms with Crippen molar-refractivity contribution in [3.05, 3.63) is 54.0 Å². The summed E-state index contributed by atoms with van der Waals surface area (Å²) in [6.07, 6.45) is 1.61. The van der Waals surface area contributed by atoms with Crippen molar-refractivity contribution in [3.63, 3.8) is 0 Å². The fourth-order valence-corrected chi connectivity index (χ4v) is 3.20. The molecule has 1 aliphatic heterocycles. The number of pyridine rings is 1. The molecule has 0 aliphatic carbocycles. The second kappa shape index (κ2) is 9.33. The number of nitrogens with one attached hydrogen (secondary N) is 1. The van der Waals surface area contributed by atoms with Gasteiger partial charge in [0, 0.05) is 43.8 Å². The van der Waals surface area contributed by atoms with Gasteiger partial charge in [0.2, 0.25) is 0 Å². The molecule has 0 radical (unpaired) electrons. The highest BCUT2D eigenvalue weighted by Crippen LogP contribution is 2.17. The minimum absolute atomic E-state index is 0.0728. The maximum atomic E-state index is 12.4. The van der Waals surface area contributed by atoms with E-state index in [0.717, 1.165) is 23.0 Å². The first kappa shape index (κ1) is 20.5. The van der Waals surface area contributed by atoms with Crippen molar-refractivity contribution >= 4 is 23.4 Å². The van der Waals surface area contributed by atoms with E-state index in [1.807, 2.05) is 44.2 Å². The van der Waals surface area contributed by atoms with Crippen LogP contribution in [-0.4, -0.2) is 68.7 Å². The Morgan fingerprint density at radius 2 is 1.77 bits per heavy atom. The smallest absolute Gasteiger partial charge is 0.317 e. The van der Waals surface area contributed by atoms with Gasteiger partial charge in [-0.25, -0.2) is 15.0 Å². The van der Waals surface area contributed by atoms with E-state index in [1.54, 1.807) is 17.2 Å². The number of piperazine rings is 1. The lowest BCUT2D eigenvalue weighted by atomic mass is 10.3. The molecule has 1 amide bonds. The molecule has 0 aromatic carbocycles. The maximum absolute atomic E-state index is 12.4. The number of carbonyl (C=O) groups excluding carboxylic acids is 1. The first-order chi connectivity index (χ1) is 15.1. The molecule has 3 aromatic heterocycles. The normalized spacial score (nSPS) is 13.7. The SMILES string of the molecule is Cc1cccc(Nc2ccc(N3CCN(C(=O)COc4nccc(C)n4)CC3)nn2)n1. The van der Waals surface area contributed by atoms with E-state index < -0.39 is 0 Å². The third kappa shape index (κ3) is 5.41. The number of ether oxygens (including phenoxy) is 1. The van der Waals surface area contributed by atoms with Gasteiger partial charge in [-0.1, -0.05) is 6.07 Å². The Morgan fingerprint density at radius 3 is 2.48 bits per heavy atom. The number of carbonyl (C=O) groups is 1. The number of hydrogen-bond donors (Lipinski definition) is 1. The second-order valence-corrected chi connectivity index (χ2v) is 7.20. The van der Waals surface area contributed by atoms with Crippen molar-refractivity contribution in [1.29, 1.82) is 0 Å². The second-order valence-electron chi connectivity index (χ2n) is 7.20. The number of aryl methyl sites for hydroxylation is 2. The maximum Gasteiger partial charge on any atom is 0.317 e. The summed E-state index contributed by atoms with van der Waals surface area (Å²) < 4.78 is 5.42. The van der Waals surface area contributed by atoms with Crippen molar-refractivity contribution in [2.45, 2.75) is 13.8 Å². The van der Waals surface area contributed by atoms with Crippen LogP contribution < -0.4 is 15.0 Å². The molecule has 0 atom stereocenters. The van der Waals surface area contributed by atoms with E-state index in [0.29, 0.717) is 32.0 Å². The van der Waals surface area contributed by atoms with Gasteiger partial charge >= 0.3 is 6.01 Å². The van der Waals surface area contributed by atoms with Crippen LogP contribution in [0.4, 0.5) is 17.5 Å². The van der Waals surface area contributed by atoms with Crippen LogP contribution in [0.25, 0.3) is 0 Å². The van der Waals surface area contributed by atoms with Crippen LogP contribution in [-0.2, 0) is 4.79 Å². The summed E-state index contributed by atoms with van der Waals surface area (Å²) in [6.45, 7) is 6.24. The molecule has 4 rings (SSSR count). The molecule has 0 bridgehead atoms. The van der Waals surface area contributed by atoms with E-state index in [2.05, 4.69) is 35.4 Å². The molecule has 160 valence electrons. The van der Waals surface area contributed by atoms with E-state index in [-0.39, 0.29) is 18.5 Å². The summed E-state index contributed by atoms with van der Waals surface area (Å²) in [7, 11) is 0. The summed E-state index contributed by atoms with van der Waals surface area (Å²) >= 11 is 0. The Balaban J connectivity index is 1.26. The van der Waals surface area contributed by atoms with Crippen molar-refractivity contribution in [3.8, 4) is 6.01 Å². The van der Waals surface area contributed by atoms with Gasteiger partial charge < -0.3 is 19.9 Å². The molecule has 31 heavy (non-hydrogen) atoms. The highest BCUT2D eigenvalue weighted by Gasteiger charge is 2.22. The molecule has 0 unspecified atom stereocenters. The fraction of sp³-hybridized carbons (Fsp3) is 0.333. The van der Waals surface area contributed by atoms with Gasteiger partial charge in [-0.3, -0.25) is 4.79 Å². The van der Waals surface area contributed by atoms with Crippen molar-refractivity contribution in [1.82, 2.24) is 30.0 Å². The van der Waals surface area contributed by atoms with Crippen LogP contribution >= 0.6 is 0 Å². The molecule has 1 N–H and O–H groups in total. The Morgan fingerprint density at radius 1 is 0.968 bits per heavy atom. The first-order valence-electron chi connectivity index (χ1n) is 10.1. The summed E-state index contributed by atoms with van der Waals surface area (Å²) in [4.78, 5) is 28.9. The van der Waals surface area contributed by atoms with Gasteiger partial charge in [0.25, 0.3) is 5.91 Å². The summed E-state index contributed by atoms with van der Waals surface area (Å²) in [5.41, 5.74) is 1.72. The zero-order valence-corrected chi connectivity index (χ0v) is 17.5. The average molecular weight is 420 g/mol. The van der Waals surface area contributed by atoms with Crippen LogP contribution in [0.2, 0.25) is 0 Å². The molecular weight excluding hydrogens is 396 g/mol. The molecular formula is C21H24N8O2. The van der Waals surface area contributed by atoms with Gasteiger partial charge in [-0.15, -0.1) is 10.2 Å². The van der Waals surface area contributed by atoms with E-state index >= 15 is 0 Å². The predicted molar refractivity (Wildman–Crippen MR) is 115 cm³/mol. The molecule has 0 spiro atoms. The lowest BCUT2D eigenvalue weighted by Gasteiger charge is -2.35. The van der Waals surface area contributed by atoms with Gasteiger partial charge in [-0.2, -0.15) is 0 Å². The minimum Gasteiger partial charge on any atom is -0.453 e.